The lowest BCUT2D eigenvalue weighted by molar-refractivity contribution is 0.101. The highest BCUT2D eigenvalue weighted by atomic mass is 16.2. The highest BCUT2D eigenvalue weighted by Crippen LogP contribution is 2.17. The van der Waals surface area contributed by atoms with Crippen LogP contribution in [0.5, 0.6) is 0 Å². The number of nitrogens with zero attached hydrogens (tertiary/aromatic N) is 4. The summed E-state index contributed by atoms with van der Waals surface area (Å²) >= 11 is 0. The molecule has 0 atom stereocenters. The monoisotopic (exact) mass is 266 g/mol. The first kappa shape index (κ1) is 13.1. The standard InChI is InChI=1S/C13H10N6O/c1-19-12(11(16)7-17-19)13(20)18-10-3-2-8(5-14)9(4-10)6-15/h2-4,7H,16H2,1H3,(H,18,20). The van der Waals surface area contributed by atoms with Crippen LogP contribution in [-0.4, -0.2) is 15.7 Å². The molecular weight excluding hydrogens is 256 g/mol. The summed E-state index contributed by atoms with van der Waals surface area (Å²) in [6, 6.07) is 8.26. The molecule has 0 unspecified atom stereocenters. The number of benzene rings is 1. The van der Waals surface area contributed by atoms with Crippen LogP contribution in [0.3, 0.4) is 0 Å². The zero-order valence-corrected chi connectivity index (χ0v) is 10.6. The molecule has 1 aromatic carbocycles. The Morgan fingerprint density at radius 1 is 1.35 bits per heavy atom. The smallest absolute Gasteiger partial charge is 0.276 e. The first-order chi connectivity index (χ1) is 9.56. The van der Waals surface area contributed by atoms with Gasteiger partial charge < -0.3 is 11.1 Å². The molecule has 0 spiro atoms. The number of nitrogens with one attached hydrogen (secondary N) is 1. The van der Waals surface area contributed by atoms with Crippen LogP contribution < -0.4 is 11.1 Å². The molecule has 0 aliphatic rings. The second-order valence-electron chi connectivity index (χ2n) is 4.01. The first-order valence-electron chi connectivity index (χ1n) is 5.60. The van der Waals surface area contributed by atoms with E-state index in [2.05, 4.69) is 10.4 Å². The predicted octanol–water partition coefficient (Wildman–Crippen LogP) is 0.998. The van der Waals surface area contributed by atoms with Crippen LogP contribution in [0, 0.1) is 22.7 Å². The number of carbonyl (C=O) groups excluding carboxylic acids is 1. The molecule has 1 amide bonds. The number of aryl methyl sites for hydroxylation is 1. The van der Waals surface area contributed by atoms with Crippen molar-refractivity contribution in [1.29, 1.82) is 10.5 Å². The number of rotatable bonds is 2. The third-order valence-electron chi connectivity index (χ3n) is 2.70. The van der Waals surface area contributed by atoms with Crippen molar-refractivity contribution in [2.75, 3.05) is 11.1 Å². The van der Waals surface area contributed by atoms with Crippen LogP contribution in [0.1, 0.15) is 21.6 Å². The van der Waals surface area contributed by atoms with Gasteiger partial charge >= 0.3 is 0 Å². The van der Waals surface area contributed by atoms with Gasteiger partial charge in [0.2, 0.25) is 0 Å². The number of carbonyl (C=O) groups is 1. The average molecular weight is 266 g/mol. The molecule has 0 aliphatic heterocycles. The van der Waals surface area contributed by atoms with E-state index in [1.54, 1.807) is 13.1 Å². The quantitative estimate of drug-likeness (QED) is 0.839. The van der Waals surface area contributed by atoms with Gasteiger partial charge in [-0.1, -0.05) is 0 Å². The number of nitrogen functional groups attached to an aromatic ring is 1. The normalized spacial score (nSPS) is 9.55. The molecule has 2 aromatic rings. The molecule has 7 nitrogen and oxygen atoms in total. The van der Waals surface area contributed by atoms with E-state index in [9.17, 15) is 4.79 Å². The molecule has 98 valence electrons. The zero-order valence-electron chi connectivity index (χ0n) is 10.6. The van der Waals surface area contributed by atoms with E-state index in [4.69, 9.17) is 16.3 Å². The molecule has 0 bridgehead atoms. The summed E-state index contributed by atoms with van der Waals surface area (Å²) in [5.74, 6) is -0.434. The number of anilines is 2. The number of amides is 1. The van der Waals surface area contributed by atoms with Crippen molar-refractivity contribution in [1.82, 2.24) is 9.78 Å². The van der Waals surface area contributed by atoms with E-state index >= 15 is 0 Å². The summed E-state index contributed by atoms with van der Waals surface area (Å²) in [4.78, 5) is 12.1. The van der Waals surface area contributed by atoms with E-state index in [1.165, 1.54) is 23.0 Å². The van der Waals surface area contributed by atoms with Gasteiger partial charge in [0.25, 0.3) is 5.91 Å². The Hall–Kier alpha value is -3.32. The van der Waals surface area contributed by atoms with Crippen LogP contribution in [0.2, 0.25) is 0 Å². The Balaban J connectivity index is 2.30. The SMILES string of the molecule is Cn1ncc(N)c1C(=O)Nc1ccc(C#N)c(C#N)c1. The van der Waals surface area contributed by atoms with Crippen molar-refractivity contribution in [3.05, 3.63) is 41.2 Å². The fourth-order valence-electron chi connectivity index (χ4n) is 1.73. The third kappa shape index (κ3) is 2.28. The second kappa shape index (κ2) is 5.12. The lowest BCUT2D eigenvalue weighted by Crippen LogP contribution is -2.17. The summed E-state index contributed by atoms with van der Waals surface area (Å²) in [7, 11) is 1.60. The highest BCUT2D eigenvalue weighted by molar-refractivity contribution is 6.06. The lowest BCUT2D eigenvalue weighted by Gasteiger charge is -2.07. The maximum Gasteiger partial charge on any atom is 0.276 e. The zero-order chi connectivity index (χ0) is 14.7. The molecule has 3 N–H and O–H groups in total. The van der Waals surface area contributed by atoms with Crippen molar-refractivity contribution < 1.29 is 4.79 Å². The Morgan fingerprint density at radius 2 is 2.05 bits per heavy atom. The minimum Gasteiger partial charge on any atom is -0.396 e. The van der Waals surface area contributed by atoms with E-state index < -0.39 is 5.91 Å². The van der Waals surface area contributed by atoms with Gasteiger partial charge in [0.05, 0.1) is 23.0 Å². The van der Waals surface area contributed by atoms with Crippen LogP contribution >= 0.6 is 0 Å². The second-order valence-corrected chi connectivity index (χ2v) is 4.01. The Labute approximate surface area is 114 Å². The topological polar surface area (TPSA) is 121 Å². The number of hydrogen-bond donors (Lipinski definition) is 2. The van der Waals surface area contributed by atoms with Crippen molar-refractivity contribution in [3.63, 3.8) is 0 Å². The fourth-order valence-corrected chi connectivity index (χ4v) is 1.73. The third-order valence-corrected chi connectivity index (χ3v) is 2.70. The van der Waals surface area contributed by atoms with Gasteiger partial charge in [-0.05, 0) is 18.2 Å². The molecule has 0 saturated carbocycles. The van der Waals surface area contributed by atoms with Gasteiger partial charge in [-0.15, -0.1) is 0 Å². The molecule has 0 aliphatic carbocycles. The Morgan fingerprint density at radius 3 is 2.60 bits per heavy atom. The Kier molecular flexibility index (Phi) is 3.36. The van der Waals surface area contributed by atoms with Gasteiger partial charge in [0, 0.05) is 12.7 Å². The minimum atomic E-state index is -0.434. The van der Waals surface area contributed by atoms with Crippen molar-refractivity contribution in [2.24, 2.45) is 7.05 Å². The van der Waals surface area contributed by atoms with Crippen LogP contribution in [-0.2, 0) is 7.05 Å². The number of hydrogen-bond acceptors (Lipinski definition) is 5. The highest BCUT2D eigenvalue weighted by Gasteiger charge is 2.15. The van der Waals surface area contributed by atoms with Gasteiger partial charge in [0.1, 0.15) is 17.8 Å². The summed E-state index contributed by atoms with van der Waals surface area (Å²) in [6.07, 6.45) is 1.38. The lowest BCUT2D eigenvalue weighted by atomic mass is 10.1. The van der Waals surface area contributed by atoms with Crippen LogP contribution in [0.4, 0.5) is 11.4 Å². The van der Waals surface area contributed by atoms with Crippen molar-refractivity contribution in [3.8, 4) is 12.1 Å². The molecule has 1 aromatic heterocycles. The molecule has 1 heterocycles. The number of nitrogens with two attached hydrogens (primary N) is 1. The van der Waals surface area contributed by atoms with Crippen molar-refractivity contribution >= 4 is 17.3 Å². The largest absolute Gasteiger partial charge is 0.396 e. The van der Waals surface area contributed by atoms with Crippen LogP contribution in [0.25, 0.3) is 0 Å². The van der Waals surface area contributed by atoms with Gasteiger partial charge in [-0.3, -0.25) is 9.48 Å². The average Bonchev–Trinajstić information content (AvgIpc) is 2.78. The molecule has 2 rings (SSSR count). The number of nitriles is 2. The maximum atomic E-state index is 12.1. The molecule has 7 heteroatoms. The maximum absolute atomic E-state index is 12.1. The van der Waals surface area contributed by atoms with Crippen LogP contribution in [0.15, 0.2) is 24.4 Å². The van der Waals surface area contributed by atoms with Gasteiger partial charge in [0.15, 0.2) is 0 Å². The molecule has 0 saturated heterocycles. The summed E-state index contributed by atoms with van der Waals surface area (Å²) in [5.41, 5.74) is 7.01. The summed E-state index contributed by atoms with van der Waals surface area (Å²) < 4.78 is 1.36. The van der Waals surface area contributed by atoms with Crippen molar-refractivity contribution in [2.45, 2.75) is 0 Å². The van der Waals surface area contributed by atoms with Gasteiger partial charge in [-0.2, -0.15) is 15.6 Å². The predicted molar refractivity (Wildman–Crippen MR) is 71.4 cm³/mol. The van der Waals surface area contributed by atoms with E-state index in [-0.39, 0.29) is 22.5 Å². The fraction of sp³-hybridized carbons (Fsp3) is 0.0769. The minimum absolute atomic E-state index is 0.197. The molecule has 20 heavy (non-hydrogen) atoms. The molecular formula is C13H10N6O. The van der Waals surface area contributed by atoms with Gasteiger partial charge in [-0.25, -0.2) is 0 Å². The van der Waals surface area contributed by atoms with E-state index in [0.29, 0.717) is 5.69 Å². The van der Waals surface area contributed by atoms with E-state index in [0.717, 1.165) is 0 Å². The summed E-state index contributed by atoms with van der Waals surface area (Å²) in [6.45, 7) is 0. The van der Waals surface area contributed by atoms with E-state index in [1.807, 2.05) is 12.1 Å². The summed E-state index contributed by atoms with van der Waals surface area (Å²) in [5, 5.41) is 24.2. The number of aromatic nitrogens is 2. The molecule has 0 fully saturated rings. The Bertz CT molecular complexity index is 743. The first-order valence-corrected chi connectivity index (χ1v) is 5.60. The molecule has 0 radical (unpaired) electrons.